The van der Waals surface area contributed by atoms with E-state index in [1.165, 1.54) is 0 Å². The SMILES string of the molecule is Cc1cc(NC(=O)C2CC2)n(C2NC(=O)CC(C)N2)n1. The van der Waals surface area contributed by atoms with Crippen molar-refractivity contribution in [2.24, 2.45) is 5.92 Å². The van der Waals surface area contributed by atoms with E-state index in [4.69, 9.17) is 0 Å². The zero-order valence-corrected chi connectivity index (χ0v) is 11.6. The molecular formula is C13H19N5O2. The molecule has 1 aliphatic heterocycles. The average molecular weight is 277 g/mol. The highest BCUT2D eigenvalue weighted by Crippen LogP contribution is 2.30. The molecular weight excluding hydrogens is 258 g/mol. The fraction of sp³-hybridized carbons (Fsp3) is 0.615. The molecule has 2 heterocycles. The molecule has 1 aromatic heterocycles. The molecule has 0 bridgehead atoms. The lowest BCUT2D eigenvalue weighted by Gasteiger charge is -2.30. The first-order chi connectivity index (χ1) is 9.52. The maximum atomic E-state index is 11.9. The van der Waals surface area contributed by atoms with Crippen molar-refractivity contribution in [3.05, 3.63) is 11.8 Å². The van der Waals surface area contributed by atoms with Crippen LogP contribution in [0.2, 0.25) is 0 Å². The number of nitrogens with one attached hydrogen (secondary N) is 3. The van der Waals surface area contributed by atoms with Gasteiger partial charge in [-0.2, -0.15) is 5.10 Å². The summed E-state index contributed by atoms with van der Waals surface area (Å²) in [7, 11) is 0. The lowest BCUT2D eigenvalue weighted by Crippen LogP contribution is -2.52. The molecule has 2 amide bonds. The molecule has 108 valence electrons. The molecule has 2 atom stereocenters. The Balaban J connectivity index is 1.80. The lowest BCUT2D eigenvalue weighted by molar-refractivity contribution is -0.125. The maximum absolute atomic E-state index is 11.9. The number of aromatic nitrogens is 2. The van der Waals surface area contributed by atoms with Crippen molar-refractivity contribution in [2.75, 3.05) is 5.32 Å². The third kappa shape index (κ3) is 2.67. The van der Waals surface area contributed by atoms with Crippen LogP contribution in [0.15, 0.2) is 6.07 Å². The van der Waals surface area contributed by atoms with Crippen molar-refractivity contribution in [1.29, 1.82) is 0 Å². The molecule has 3 rings (SSSR count). The number of aryl methyl sites for hydroxylation is 1. The van der Waals surface area contributed by atoms with Crippen LogP contribution >= 0.6 is 0 Å². The molecule has 3 N–H and O–H groups in total. The number of carbonyl (C=O) groups is 2. The Morgan fingerprint density at radius 2 is 2.25 bits per heavy atom. The van der Waals surface area contributed by atoms with Gasteiger partial charge < -0.3 is 10.6 Å². The number of carbonyl (C=O) groups excluding carboxylic acids is 2. The minimum Gasteiger partial charge on any atom is -0.322 e. The first-order valence-electron chi connectivity index (χ1n) is 6.95. The second-order valence-corrected chi connectivity index (χ2v) is 5.62. The predicted octanol–water partition coefficient (Wildman–Crippen LogP) is 0.494. The smallest absolute Gasteiger partial charge is 0.228 e. The molecule has 1 aliphatic carbocycles. The second-order valence-electron chi connectivity index (χ2n) is 5.62. The highest BCUT2D eigenvalue weighted by atomic mass is 16.2. The predicted molar refractivity (Wildman–Crippen MR) is 72.7 cm³/mol. The number of amides is 2. The summed E-state index contributed by atoms with van der Waals surface area (Å²) < 4.78 is 1.63. The van der Waals surface area contributed by atoms with Crippen molar-refractivity contribution < 1.29 is 9.59 Å². The quantitative estimate of drug-likeness (QED) is 0.750. The summed E-state index contributed by atoms with van der Waals surface area (Å²) in [5, 5.41) is 13.3. The maximum Gasteiger partial charge on any atom is 0.228 e. The van der Waals surface area contributed by atoms with Crippen LogP contribution in [0.3, 0.4) is 0 Å². The van der Waals surface area contributed by atoms with Gasteiger partial charge in [0.05, 0.1) is 5.69 Å². The average Bonchev–Trinajstić information content (AvgIpc) is 3.13. The van der Waals surface area contributed by atoms with Gasteiger partial charge in [0.25, 0.3) is 0 Å². The topological polar surface area (TPSA) is 88.0 Å². The molecule has 2 unspecified atom stereocenters. The Bertz CT molecular complexity index is 549. The molecule has 1 saturated carbocycles. The summed E-state index contributed by atoms with van der Waals surface area (Å²) in [6.45, 7) is 3.81. The van der Waals surface area contributed by atoms with Crippen molar-refractivity contribution in [1.82, 2.24) is 20.4 Å². The van der Waals surface area contributed by atoms with E-state index < -0.39 is 6.29 Å². The fourth-order valence-corrected chi connectivity index (χ4v) is 2.37. The van der Waals surface area contributed by atoms with Crippen LogP contribution < -0.4 is 16.0 Å². The highest BCUT2D eigenvalue weighted by Gasteiger charge is 2.31. The summed E-state index contributed by atoms with van der Waals surface area (Å²) in [5.41, 5.74) is 0.797. The summed E-state index contributed by atoms with van der Waals surface area (Å²) >= 11 is 0. The summed E-state index contributed by atoms with van der Waals surface area (Å²) in [5.74, 6) is 0.757. The van der Waals surface area contributed by atoms with Crippen LogP contribution in [0.4, 0.5) is 5.82 Å². The largest absolute Gasteiger partial charge is 0.322 e. The molecule has 1 aromatic rings. The van der Waals surface area contributed by atoms with Crippen LogP contribution in [0, 0.1) is 12.8 Å². The number of nitrogens with zero attached hydrogens (tertiary/aromatic N) is 2. The van der Waals surface area contributed by atoms with Gasteiger partial charge in [-0.25, -0.2) is 4.68 Å². The summed E-state index contributed by atoms with van der Waals surface area (Å²) in [4.78, 5) is 23.5. The fourth-order valence-electron chi connectivity index (χ4n) is 2.37. The van der Waals surface area contributed by atoms with E-state index in [0.29, 0.717) is 12.2 Å². The third-order valence-electron chi connectivity index (χ3n) is 3.53. The van der Waals surface area contributed by atoms with Gasteiger partial charge >= 0.3 is 0 Å². The van der Waals surface area contributed by atoms with Crippen LogP contribution in [0.1, 0.15) is 38.2 Å². The molecule has 7 nitrogen and oxygen atoms in total. The number of hydrogen-bond donors (Lipinski definition) is 3. The first kappa shape index (κ1) is 13.1. The van der Waals surface area contributed by atoms with Crippen LogP contribution in [0.25, 0.3) is 0 Å². The molecule has 0 aromatic carbocycles. The molecule has 20 heavy (non-hydrogen) atoms. The summed E-state index contributed by atoms with van der Waals surface area (Å²) in [6.07, 6.45) is 1.93. The Morgan fingerprint density at radius 1 is 1.50 bits per heavy atom. The van der Waals surface area contributed by atoms with Gasteiger partial charge in [-0.1, -0.05) is 0 Å². The van der Waals surface area contributed by atoms with Crippen molar-refractivity contribution in [3.63, 3.8) is 0 Å². The van der Waals surface area contributed by atoms with Crippen molar-refractivity contribution >= 4 is 17.6 Å². The van der Waals surface area contributed by atoms with Gasteiger partial charge in [-0.15, -0.1) is 0 Å². The zero-order valence-electron chi connectivity index (χ0n) is 11.6. The van der Waals surface area contributed by atoms with Crippen molar-refractivity contribution in [3.8, 4) is 0 Å². The number of hydrogen-bond acceptors (Lipinski definition) is 4. The number of anilines is 1. The Hall–Kier alpha value is -1.89. The van der Waals surface area contributed by atoms with Crippen molar-refractivity contribution in [2.45, 2.75) is 45.4 Å². The van der Waals surface area contributed by atoms with Gasteiger partial charge in [0, 0.05) is 24.4 Å². The second kappa shape index (κ2) is 4.90. The molecule has 0 spiro atoms. The van der Waals surface area contributed by atoms with Gasteiger partial charge in [-0.3, -0.25) is 14.9 Å². The molecule has 7 heteroatoms. The minimum absolute atomic E-state index is 0.0196. The standard InChI is InChI=1S/C13H19N5O2/c1-7-6-11(19)16-13(14-7)18-10(5-8(2)17-18)15-12(20)9-3-4-9/h5,7,9,13-14H,3-4,6H2,1-2H3,(H,15,20)(H,16,19). The van der Waals surface area contributed by atoms with Gasteiger partial charge in [-0.05, 0) is 26.7 Å². The van der Waals surface area contributed by atoms with E-state index in [9.17, 15) is 9.59 Å². The van der Waals surface area contributed by atoms with Gasteiger partial charge in [0.15, 0.2) is 6.29 Å². The number of rotatable bonds is 3. The molecule has 2 fully saturated rings. The van der Waals surface area contributed by atoms with E-state index >= 15 is 0 Å². The monoisotopic (exact) mass is 277 g/mol. The van der Waals surface area contributed by atoms with E-state index in [1.807, 2.05) is 19.9 Å². The van der Waals surface area contributed by atoms with Crippen LogP contribution in [0.5, 0.6) is 0 Å². The molecule has 2 aliphatic rings. The van der Waals surface area contributed by atoms with Crippen LogP contribution in [-0.4, -0.2) is 27.6 Å². The Kier molecular flexibility index (Phi) is 3.21. The molecule has 0 radical (unpaired) electrons. The minimum atomic E-state index is -0.422. The zero-order chi connectivity index (χ0) is 14.3. The normalized spacial score (nSPS) is 26.2. The Labute approximate surface area is 117 Å². The molecule has 1 saturated heterocycles. The van der Waals surface area contributed by atoms with Gasteiger partial charge in [0.2, 0.25) is 11.8 Å². The van der Waals surface area contributed by atoms with E-state index in [0.717, 1.165) is 18.5 Å². The van der Waals surface area contributed by atoms with E-state index in [1.54, 1.807) is 4.68 Å². The van der Waals surface area contributed by atoms with Gasteiger partial charge in [0.1, 0.15) is 5.82 Å². The Morgan fingerprint density at radius 3 is 2.90 bits per heavy atom. The lowest BCUT2D eigenvalue weighted by atomic mass is 10.2. The first-order valence-corrected chi connectivity index (χ1v) is 6.95. The van der Waals surface area contributed by atoms with E-state index in [2.05, 4.69) is 21.0 Å². The highest BCUT2D eigenvalue weighted by molar-refractivity contribution is 5.93. The van der Waals surface area contributed by atoms with E-state index in [-0.39, 0.29) is 23.8 Å². The summed E-state index contributed by atoms with van der Waals surface area (Å²) in [6, 6.07) is 1.89. The van der Waals surface area contributed by atoms with Crippen LogP contribution in [-0.2, 0) is 9.59 Å². The third-order valence-corrected chi connectivity index (χ3v) is 3.53.